The second kappa shape index (κ2) is 7.19. The van der Waals surface area contributed by atoms with E-state index in [-0.39, 0.29) is 10.8 Å². The molecule has 140 valence electrons. The minimum absolute atomic E-state index is 0.147. The number of hydrogen-bond donors (Lipinski definition) is 0. The number of pyridine rings is 1. The molecule has 1 aromatic heterocycles. The highest BCUT2D eigenvalue weighted by Gasteiger charge is 2.18. The van der Waals surface area contributed by atoms with Crippen LogP contribution in [0.15, 0.2) is 73.1 Å². The zero-order chi connectivity index (χ0) is 19.7. The third-order valence-electron chi connectivity index (χ3n) is 4.90. The van der Waals surface area contributed by atoms with Crippen LogP contribution in [0.3, 0.4) is 0 Å². The fraction of sp³-hybridized carbons (Fsp3) is 0.320. The molecule has 0 aliphatic carbocycles. The highest BCUT2D eigenvalue weighted by atomic mass is 15.1. The lowest BCUT2D eigenvalue weighted by Crippen LogP contribution is -2.14. The normalized spacial score (nSPS) is 12.1. The van der Waals surface area contributed by atoms with E-state index in [2.05, 4.69) is 112 Å². The van der Waals surface area contributed by atoms with Crippen LogP contribution in [0.1, 0.15) is 52.7 Å². The molecule has 0 aliphatic rings. The number of rotatable bonds is 3. The molecule has 0 saturated carbocycles. The minimum atomic E-state index is 0.147. The summed E-state index contributed by atoms with van der Waals surface area (Å²) >= 11 is 0. The van der Waals surface area contributed by atoms with Crippen LogP contribution in [-0.2, 0) is 10.8 Å². The second-order valence-corrected chi connectivity index (χ2v) is 9.13. The van der Waals surface area contributed by atoms with Gasteiger partial charge >= 0.3 is 0 Å². The van der Waals surface area contributed by atoms with Crippen LogP contribution >= 0.6 is 0 Å². The summed E-state index contributed by atoms with van der Waals surface area (Å²) in [6.07, 6.45) is 3.69. The molecule has 2 heteroatoms. The molecular formula is C25H30N2. The van der Waals surface area contributed by atoms with Crippen molar-refractivity contribution < 1.29 is 0 Å². The van der Waals surface area contributed by atoms with Crippen molar-refractivity contribution in [3.8, 4) is 0 Å². The van der Waals surface area contributed by atoms with Gasteiger partial charge in [-0.3, -0.25) is 4.98 Å². The van der Waals surface area contributed by atoms with E-state index >= 15 is 0 Å². The Balaban J connectivity index is 2.05. The van der Waals surface area contributed by atoms with E-state index in [1.54, 1.807) is 0 Å². The Hall–Kier alpha value is -2.61. The van der Waals surface area contributed by atoms with Gasteiger partial charge in [0.1, 0.15) is 0 Å². The van der Waals surface area contributed by atoms with Gasteiger partial charge in [0.05, 0.1) is 0 Å². The first-order chi connectivity index (χ1) is 12.7. The molecule has 0 N–H and O–H groups in total. The van der Waals surface area contributed by atoms with Gasteiger partial charge in [-0.05, 0) is 58.4 Å². The molecule has 0 atom stereocenters. The van der Waals surface area contributed by atoms with E-state index < -0.39 is 0 Å². The molecule has 1 heterocycles. The maximum atomic E-state index is 4.18. The van der Waals surface area contributed by atoms with Crippen molar-refractivity contribution in [3.63, 3.8) is 0 Å². The second-order valence-electron chi connectivity index (χ2n) is 9.13. The van der Waals surface area contributed by atoms with E-state index in [4.69, 9.17) is 0 Å². The summed E-state index contributed by atoms with van der Waals surface area (Å²) in [5, 5.41) is 0. The van der Waals surface area contributed by atoms with Gasteiger partial charge in [0.2, 0.25) is 0 Å². The Kier molecular flexibility index (Phi) is 5.10. The summed E-state index contributed by atoms with van der Waals surface area (Å²) < 4.78 is 0. The van der Waals surface area contributed by atoms with Gasteiger partial charge in [-0.1, -0.05) is 65.8 Å². The van der Waals surface area contributed by atoms with Crippen LogP contribution in [0.2, 0.25) is 0 Å². The number of nitrogens with zero attached hydrogens (tertiary/aromatic N) is 2. The topological polar surface area (TPSA) is 16.1 Å². The zero-order valence-electron chi connectivity index (χ0n) is 17.3. The molecule has 2 nitrogen and oxygen atoms in total. The van der Waals surface area contributed by atoms with E-state index in [0.717, 1.165) is 17.1 Å². The lowest BCUT2D eigenvalue weighted by Gasteiger charge is -2.27. The van der Waals surface area contributed by atoms with Crippen molar-refractivity contribution in [1.29, 1.82) is 0 Å². The lowest BCUT2D eigenvalue weighted by molar-refractivity contribution is 0.590. The first-order valence-electron chi connectivity index (χ1n) is 9.57. The van der Waals surface area contributed by atoms with Crippen molar-refractivity contribution in [2.75, 3.05) is 4.90 Å². The Morgan fingerprint density at radius 2 is 0.852 bits per heavy atom. The molecule has 0 fully saturated rings. The highest BCUT2D eigenvalue weighted by molar-refractivity contribution is 5.76. The summed E-state index contributed by atoms with van der Waals surface area (Å²) in [6.45, 7) is 13.5. The first kappa shape index (κ1) is 19.2. The van der Waals surface area contributed by atoms with Crippen molar-refractivity contribution >= 4 is 17.1 Å². The third-order valence-corrected chi connectivity index (χ3v) is 4.90. The Morgan fingerprint density at radius 3 is 1.19 bits per heavy atom. The van der Waals surface area contributed by atoms with E-state index in [1.165, 1.54) is 11.1 Å². The molecule has 0 amide bonds. The minimum Gasteiger partial charge on any atom is -0.310 e. The monoisotopic (exact) mass is 358 g/mol. The summed E-state index contributed by atoms with van der Waals surface area (Å²) in [7, 11) is 0. The Bertz CT molecular complexity index is 807. The predicted octanol–water partition coefficient (Wildman–Crippen LogP) is 7.15. The van der Waals surface area contributed by atoms with Crippen molar-refractivity contribution in [2.45, 2.75) is 52.4 Å². The van der Waals surface area contributed by atoms with Crippen LogP contribution in [-0.4, -0.2) is 4.98 Å². The number of hydrogen-bond acceptors (Lipinski definition) is 2. The van der Waals surface area contributed by atoms with Gasteiger partial charge in [0, 0.05) is 29.5 Å². The van der Waals surface area contributed by atoms with Crippen LogP contribution < -0.4 is 4.90 Å². The highest BCUT2D eigenvalue weighted by Crippen LogP contribution is 2.36. The zero-order valence-corrected chi connectivity index (χ0v) is 17.3. The molecule has 0 saturated heterocycles. The van der Waals surface area contributed by atoms with Crippen molar-refractivity contribution in [1.82, 2.24) is 4.98 Å². The smallest absolute Gasteiger partial charge is 0.0492 e. The maximum Gasteiger partial charge on any atom is 0.0492 e. The fourth-order valence-electron chi connectivity index (χ4n) is 3.16. The van der Waals surface area contributed by atoms with E-state index in [1.807, 2.05) is 12.4 Å². The molecular weight excluding hydrogens is 328 g/mol. The predicted molar refractivity (Wildman–Crippen MR) is 116 cm³/mol. The molecule has 0 unspecified atom stereocenters. The summed E-state index contributed by atoms with van der Waals surface area (Å²) in [4.78, 5) is 6.46. The van der Waals surface area contributed by atoms with Gasteiger partial charge in [-0.2, -0.15) is 0 Å². The first-order valence-corrected chi connectivity index (χ1v) is 9.57. The van der Waals surface area contributed by atoms with E-state index in [9.17, 15) is 0 Å². The maximum absolute atomic E-state index is 4.18. The van der Waals surface area contributed by atoms with Crippen molar-refractivity contribution in [2.24, 2.45) is 0 Å². The average molecular weight is 359 g/mol. The summed E-state index contributed by atoms with van der Waals surface area (Å²) in [5.41, 5.74) is 6.38. The largest absolute Gasteiger partial charge is 0.310 e. The molecule has 27 heavy (non-hydrogen) atoms. The van der Waals surface area contributed by atoms with Crippen LogP contribution in [0.4, 0.5) is 17.1 Å². The molecule has 2 aromatic carbocycles. The summed E-state index contributed by atoms with van der Waals surface area (Å²) in [6, 6.07) is 21.8. The van der Waals surface area contributed by atoms with Crippen molar-refractivity contribution in [3.05, 3.63) is 84.2 Å². The standard InChI is InChI=1S/C25H30N2/c1-24(2,3)19-7-11-21(12-8-19)27(23-15-17-26-18-16-23)22-13-9-20(10-14-22)25(4,5)6/h7-18H,1-6H3. The molecule has 3 rings (SSSR count). The lowest BCUT2D eigenvalue weighted by atomic mass is 9.86. The Morgan fingerprint density at radius 1 is 0.519 bits per heavy atom. The molecule has 0 bridgehead atoms. The number of aromatic nitrogens is 1. The number of anilines is 3. The molecule has 0 aliphatic heterocycles. The number of benzene rings is 2. The van der Waals surface area contributed by atoms with Gasteiger partial charge in [0.25, 0.3) is 0 Å². The SMILES string of the molecule is CC(C)(C)c1ccc(N(c2ccncc2)c2ccc(C(C)(C)C)cc2)cc1. The quantitative estimate of drug-likeness (QED) is 0.494. The van der Waals surface area contributed by atoms with Crippen LogP contribution in [0, 0.1) is 0 Å². The average Bonchev–Trinajstić information content (AvgIpc) is 2.62. The van der Waals surface area contributed by atoms with Crippen LogP contribution in [0.25, 0.3) is 0 Å². The fourth-order valence-corrected chi connectivity index (χ4v) is 3.16. The third kappa shape index (κ3) is 4.39. The van der Waals surface area contributed by atoms with Crippen LogP contribution in [0.5, 0.6) is 0 Å². The van der Waals surface area contributed by atoms with Gasteiger partial charge in [-0.25, -0.2) is 0 Å². The molecule has 0 radical (unpaired) electrons. The Labute approximate surface area is 163 Å². The molecule has 0 spiro atoms. The van der Waals surface area contributed by atoms with Gasteiger partial charge in [-0.15, -0.1) is 0 Å². The summed E-state index contributed by atoms with van der Waals surface area (Å²) in [5.74, 6) is 0. The van der Waals surface area contributed by atoms with Gasteiger partial charge in [0.15, 0.2) is 0 Å². The molecule has 3 aromatic rings. The van der Waals surface area contributed by atoms with E-state index in [0.29, 0.717) is 0 Å². The van der Waals surface area contributed by atoms with Gasteiger partial charge < -0.3 is 4.90 Å².